The Morgan fingerprint density at radius 2 is 1.71 bits per heavy atom. The topological polar surface area (TPSA) is 22.1 Å². The fraction of sp³-hybridized carbons (Fsp3) is 0. The van der Waals surface area contributed by atoms with Crippen LogP contribution >= 0.6 is 0 Å². The summed E-state index contributed by atoms with van der Waals surface area (Å²) in [6, 6.07) is 22.1. The quantitative estimate of drug-likeness (QED) is 0.654. The summed E-state index contributed by atoms with van der Waals surface area (Å²) in [5, 5.41) is 1.11. The van der Waals surface area contributed by atoms with E-state index in [1.165, 1.54) is 0 Å². The molecule has 1 radical (unpaired) electrons. The largest absolute Gasteiger partial charge is 0.439 e. The molecule has 0 saturated carbocycles. The van der Waals surface area contributed by atoms with Crippen molar-refractivity contribution in [2.24, 2.45) is 0 Å². The van der Waals surface area contributed by atoms with Gasteiger partial charge in [0.25, 0.3) is 0 Å². The van der Waals surface area contributed by atoms with E-state index in [0.717, 1.165) is 16.7 Å². The molecule has 0 fully saturated rings. The molecular weight excluding hydrogens is 210 g/mol. The highest BCUT2D eigenvalue weighted by atomic mass is 16.5. The third-order valence-corrected chi connectivity index (χ3v) is 2.48. The molecule has 0 bridgehead atoms. The van der Waals surface area contributed by atoms with Crippen molar-refractivity contribution in [2.75, 3.05) is 0 Å². The van der Waals surface area contributed by atoms with Gasteiger partial charge in [0.15, 0.2) is 0 Å². The second-order valence-electron chi connectivity index (χ2n) is 3.68. The number of hydrogen-bond donors (Lipinski definition) is 0. The third kappa shape index (κ3) is 2.11. The molecule has 0 atom stereocenters. The van der Waals surface area contributed by atoms with Gasteiger partial charge in [0.05, 0.1) is 5.52 Å². The van der Waals surface area contributed by atoms with Crippen LogP contribution in [0.1, 0.15) is 0 Å². The monoisotopic (exact) mass is 220 g/mol. The molecule has 81 valence electrons. The number of aromatic nitrogens is 1. The molecule has 0 saturated heterocycles. The van der Waals surface area contributed by atoms with Crippen molar-refractivity contribution in [3.05, 3.63) is 66.7 Å². The minimum Gasteiger partial charge on any atom is -0.439 e. The van der Waals surface area contributed by atoms with Gasteiger partial charge in [-0.15, -0.1) is 0 Å². The molecule has 0 aliphatic carbocycles. The Morgan fingerprint density at radius 1 is 0.882 bits per heavy atom. The Balaban J connectivity index is 1.96. The van der Waals surface area contributed by atoms with Gasteiger partial charge in [-0.05, 0) is 30.3 Å². The first-order valence-corrected chi connectivity index (χ1v) is 5.41. The standard InChI is InChI=1S/C15H10NO/c1-2-7-13(8-3-1)17-15-11-10-12-6-4-5-9-14(12)16-15/h2-11H. The average molecular weight is 220 g/mol. The van der Waals surface area contributed by atoms with Gasteiger partial charge in [0.1, 0.15) is 5.75 Å². The lowest BCUT2D eigenvalue weighted by Gasteiger charge is -2.05. The summed E-state index contributed by atoms with van der Waals surface area (Å²) in [6.07, 6.45) is 0. The lowest BCUT2D eigenvalue weighted by atomic mass is 10.2. The summed E-state index contributed by atoms with van der Waals surface area (Å²) >= 11 is 0. The highest BCUT2D eigenvalue weighted by Crippen LogP contribution is 2.21. The smallest absolute Gasteiger partial charge is 0.219 e. The minimum absolute atomic E-state index is 0.606. The summed E-state index contributed by atoms with van der Waals surface area (Å²) < 4.78 is 5.66. The molecule has 17 heavy (non-hydrogen) atoms. The Labute approximate surface area is 99.5 Å². The maximum atomic E-state index is 5.66. The van der Waals surface area contributed by atoms with Crippen molar-refractivity contribution in [3.63, 3.8) is 0 Å². The second-order valence-corrected chi connectivity index (χ2v) is 3.68. The van der Waals surface area contributed by atoms with Crippen LogP contribution in [0, 0.1) is 6.07 Å². The lowest BCUT2D eigenvalue weighted by Crippen LogP contribution is -1.87. The van der Waals surface area contributed by atoms with Gasteiger partial charge in [-0.2, -0.15) is 0 Å². The van der Waals surface area contributed by atoms with Crippen LogP contribution in [-0.2, 0) is 0 Å². The third-order valence-electron chi connectivity index (χ3n) is 2.48. The molecule has 0 amide bonds. The van der Waals surface area contributed by atoms with E-state index in [9.17, 15) is 0 Å². The summed E-state index contributed by atoms with van der Waals surface area (Å²) in [5.41, 5.74) is 0.937. The molecule has 0 aliphatic heterocycles. The highest BCUT2D eigenvalue weighted by molar-refractivity contribution is 5.78. The summed E-state index contributed by atoms with van der Waals surface area (Å²) in [4.78, 5) is 4.44. The van der Waals surface area contributed by atoms with Crippen LogP contribution in [0.2, 0.25) is 0 Å². The molecule has 0 unspecified atom stereocenters. The van der Waals surface area contributed by atoms with E-state index in [2.05, 4.69) is 11.1 Å². The Kier molecular flexibility index (Phi) is 2.47. The Bertz CT molecular complexity index is 635. The molecular formula is C15H10NO. The van der Waals surface area contributed by atoms with E-state index in [1.54, 1.807) is 0 Å². The molecule has 0 aliphatic rings. The molecule has 0 N–H and O–H groups in total. The van der Waals surface area contributed by atoms with Crippen molar-refractivity contribution in [1.29, 1.82) is 0 Å². The average Bonchev–Trinajstić information content (AvgIpc) is 2.40. The van der Waals surface area contributed by atoms with Crippen LogP contribution in [0.5, 0.6) is 11.6 Å². The molecule has 3 aromatic rings. The molecule has 0 spiro atoms. The molecule has 2 aromatic carbocycles. The molecule has 1 heterocycles. The fourth-order valence-electron chi connectivity index (χ4n) is 1.66. The van der Waals surface area contributed by atoms with Gasteiger partial charge in [0, 0.05) is 11.5 Å². The van der Waals surface area contributed by atoms with E-state index >= 15 is 0 Å². The first-order chi connectivity index (χ1) is 8.42. The lowest BCUT2D eigenvalue weighted by molar-refractivity contribution is 0.465. The number of fused-ring (bicyclic) bond motifs is 1. The number of para-hydroxylation sites is 1. The molecule has 1 aromatic heterocycles. The van der Waals surface area contributed by atoms with Gasteiger partial charge < -0.3 is 4.74 Å². The Hall–Kier alpha value is -2.35. The van der Waals surface area contributed by atoms with E-state index < -0.39 is 0 Å². The van der Waals surface area contributed by atoms with Gasteiger partial charge >= 0.3 is 0 Å². The predicted octanol–water partition coefficient (Wildman–Crippen LogP) is 3.83. The summed E-state index contributed by atoms with van der Waals surface area (Å²) in [7, 11) is 0. The van der Waals surface area contributed by atoms with E-state index in [0.29, 0.717) is 5.88 Å². The van der Waals surface area contributed by atoms with Gasteiger partial charge in [-0.1, -0.05) is 30.3 Å². The second kappa shape index (κ2) is 4.26. The van der Waals surface area contributed by atoms with Gasteiger partial charge in [0.2, 0.25) is 5.88 Å². The molecule has 2 nitrogen and oxygen atoms in total. The van der Waals surface area contributed by atoms with Crippen LogP contribution in [0.4, 0.5) is 0 Å². The van der Waals surface area contributed by atoms with Gasteiger partial charge in [-0.25, -0.2) is 4.98 Å². The van der Waals surface area contributed by atoms with Crippen LogP contribution in [-0.4, -0.2) is 4.98 Å². The van der Waals surface area contributed by atoms with E-state index in [1.807, 2.05) is 60.7 Å². The normalized spacial score (nSPS) is 10.4. The van der Waals surface area contributed by atoms with Crippen LogP contribution in [0.15, 0.2) is 60.7 Å². The first kappa shape index (κ1) is 9.85. The SMILES string of the molecule is [c]1ccc(Oc2ccc3ccccc3n2)cc1. The zero-order chi connectivity index (χ0) is 11.5. The van der Waals surface area contributed by atoms with Crippen molar-refractivity contribution in [2.45, 2.75) is 0 Å². The Morgan fingerprint density at radius 3 is 2.59 bits per heavy atom. The van der Waals surface area contributed by atoms with Crippen LogP contribution in [0.25, 0.3) is 10.9 Å². The van der Waals surface area contributed by atoms with Crippen molar-refractivity contribution < 1.29 is 4.74 Å². The molecule has 2 heteroatoms. The van der Waals surface area contributed by atoms with Crippen molar-refractivity contribution >= 4 is 10.9 Å². The summed E-state index contributed by atoms with van der Waals surface area (Å²) in [5.74, 6) is 1.38. The van der Waals surface area contributed by atoms with Crippen molar-refractivity contribution in [1.82, 2.24) is 4.98 Å². The highest BCUT2D eigenvalue weighted by Gasteiger charge is 1.99. The van der Waals surface area contributed by atoms with E-state index in [4.69, 9.17) is 4.74 Å². The van der Waals surface area contributed by atoms with Crippen molar-refractivity contribution in [3.8, 4) is 11.6 Å². The zero-order valence-electron chi connectivity index (χ0n) is 9.13. The number of rotatable bonds is 2. The van der Waals surface area contributed by atoms with Crippen LogP contribution < -0.4 is 4.74 Å². The number of nitrogens with zero attached hydrogens (tertiary/aromatic N) is 1. The van der Waals surface area contributed by atoms with Gasteiger partial charge in [-0.3, -0.25) is 0 Å². The minimum atomic E-state index is 0.606. The zero-order valence-corrected chi connectivity index (χ0v) is 9.13. The predicted molar refractivity (Wildman–Crippen MR) is 67.1 cm³/mol. The fourth-order valence-corrected chi connectivity index (χ4v) is 1.66. The summed E-state index contributed by atoms with van der Waals surface area (Å²) in [6.45, 7) is 0. The number of ether oxygens (including phenoxy) is 1. The maximum absolute atomic E-state index is 5.66. The maximum Gasteiger partial charge on any atom is 0.219 e. The number of benzene rings is 2. The molecule has 3 rings (SSSR count). The first-order valence-electron chi connectivity index (χ1n) is 5.41. The van der Waals surface area contributed by atoms with Crippen LogP contribution in [0.3, 0.4) is 0 Å². The van der Waals surface area contributed by atoms with E-state index in [-0.39, 0.29) is 0 Å². The number of hydrogen-bond acceptors (Lipinski definition) is 2. The number of pyridine rings is 1.